The number of nitrogens with zero attached hydrogens (tertiary/aromatic N) is 4. The summed E-state index contributed by atoms with van der Waals surface area (Å²) in [7, 11) is 0. The van der Waals surface area contributed by atoms with Crippen LogP contribution in [0.5, 0.6) is 0 Å². The summed E-state index contributed by atoms with van der Waals surface area (Å²) in [5.41, 5.74) is 1.55. The molecule has 1 fully saturated rings. The summed E-state index contributed by atoms with van der Waals surface area (Å²) in [4.78, 5) is 25.5. The maximum Gasteiger partial charge on any atom is 0.255 e. The Morgan fingerprint density at radius 2 is 2.04 bits per heavy atom. The minimum Gasteiger partial charge on any atom is -0.384 e. The molecule has 3 heterocycles. The highest BCUT2D eigenvalue weighted by atomic mass is 16.2. The van der Waals surface area contributed by atoms with Crippen LogP contribution in [-0.2, 0) is 0 Å². The van der Waals surface area contributed by atoms with Crippen molar-refractivity contribution in [3.8, 4) is 0 Å². The average molecular weight is 339 g/mol. The second-order valence-corrected chi connectivity index (χ2v) is 6.21. The van der Waals surface area contributed by atoms with Gasteiger partial charge in [0.1, 0.15) is 5.82 Å². The van der Waals surface area contributed by atoms with Crippen LogP contribution in [0, 0.1) is 0 Å². The second kappa shape index (κ2) is 8.46. The maximum absolute atomic E-state index is 12.7. The zero-order valence-electron chi connectivity index (χ0n) is 14.7. The summed E-state index contributed by atoms with van der Waals surface area (Å²) in [5.74, 6) is 1.02. The van der Waals surface area contributed by atoms with Crippen molar-refractivity contribution in [2.75, 3.05) is 42.9 Å². The number of piperazine rings is 1. The Bertz CT molecular complexity index is 683. The monoisotopic (exact) mass is 339 g/mol. The average Bonchev–Trinajstić information content (AvgIpc) is 2.69. The summed E-state index contributed by atoms with van der Waals surface area (Å²) in [6, 6.07) is 7.81. The molecular weight excluding hydrogens is 314 g/mol. The first kappa shape index (κ1) is 17.2. The number of unbranched alkanes of at least 4 members (excludes halogenated alkanes) is 1. The van der Waals surface area contributed by atoms with Crippen molar-refractivity contribution in [3.63, 3.8) is 0 Å². The minimum absolute atomic E-state index is 0.0484. The molecule has 2 aromatic rings. The van der Waals surface area contributed by atoms with Gasteiger partial charge in [-0.15, -0.1) is 0 Å². The molecule has 1 saturated heterocycles. The van der Waals surface area contributed by atoms with Gasteiger partial charge in [0.05, 0.1) is 11.3 Å². The molecule has 0 aromatic carbocycles. The molecule has 1 N–H and O–H groups in total. The van der Waals surface area contributed by atoms with E-state index in [0.717, 1.165) is 44.0 Å². The molecule has 0 aliphatic carbocycles. The Morgan fingerprint density at radius 3 is 2.76 bits per heavy atom. The third kappa shape index (κ3) is 4.47. The first-order chi connectivity index (χ1) is 12.3. The smallest absolute Gasteiger partial charge is 0.255 e. The van der Waals surface area contributed by atoms with Gasteiger partial charge in [-0.25, -0.2) is 4.98 Å². The quantitative estimate of drug-likeness (QED) is 0.820. The fourth-order valence-corrected chi connectivity index (χ4v) is 2.93. The molecule has 25 heavy (non-hydrogen) atoms. The molecule has 2 aromatic heterocycles. The Morgan fingerprint density at radius 1 is 1.20 bits per heavy atom. The van der Waals surface area contributed by atoms with Crippen LogP contribution in [0.2, 0.25) is 0 Å². The molecule has 1 amide bonds. The predicted octanol–water partition coefficient (Wildman–Crippen LogP) is 2.65. The lowest BCUT2D eigenvalue weighted by Gasteiger charge is -2.35. The van der Waals surface area contributed by atoms with E-state index < -0.39 is 0 Å². The highest BCUT2D eigenvalue weighted by molar-refractivity contribution is 5.94. The van der Waals surface area contributed by atoms with Gasteiger partial charge in [-0.2, -0.15) is 0 Å². The van der Waals surface area contributed by atoms with E-state index in [9.17, 15) is 4.79 Å². The number of carbonyl (C=O) groups is 1. The van der Waals surface area contributed by atoms with Crippen LogP contribution in [0.1, 0.15) is 30.1 Å². The fourth-order valence-electron chi connectivity index (χ4n) is 2.93. The van der Waals surface area contributed by atoms with Crippen molar-refractivity contribution < 1.29 is 4.79 Å². The van der Waals surface area contributed by atoms with E-state index in [1.165, 1.54) is 0 Å². The molecule has 0 bridgehead atoms. The predicted molar refractivity (Wildman–Crippen MR) is 100.0 cm³/mol. The summed E-state index contributed by atoms with van der Waals surface area (Å²) in [5, 5.41) is 3.32. The minimum atomic E-state index is 0.0484. The van der Waals surface area contributed by atoms with E-state index in [-0.39, 0.29) is 5.91 Å². The lowest BCUT2D eigenvalue weighted by Crippen LogP contribution is -2.49. The van der Waals surface area contributed by atoms with Crippen molar-refractivity contribution in [3.05, 3.63) is 48.4 Å². The number of aromatic nitrogens is 2. The normalized spacial score (nSPS) is 14.4. The van der Waals surface area contributed by atoms with Crippen molar-refractivity contribution in [1.82, 2.24) is 14.9 Å². The zero-order chi connectivity index (χ0) is 17.5. The number of hydrogen-bond donors (Lipinski definition) is 1. The van der Waals surface area contributed by atoms with E-state index in [1.54, 1.807) is 18.6 Å². The van der Waals surface area contributed by atoms with Gasteiger partial charge in [-0.3, -0.25) is 9.78 Å². The molecule has 6 nitrogen and oxygen atoms in total. The van der Waals surface area contributed by atoms with Crippen LogP contribution in [-0.4, -0.2) is 53.5 Å². The lowest BCUT2D eigenvalue weighted by atomic mass is 10.2. The summed E-state index contributed by atoms with van der Waals surface area (Å²) < 4.78 is 0. The van der Waals surface area contributed by atoms with E-state index in [0.29, 0.717) is 18.7 Å². The second-order valence-electron chi connectivity index (χ2n) is 6.21. The molecule has 6 heteroatoms. The van der Waals surface area contributed by atoms with Gasteiger partial charge in [0.15, 0.2) is 0 Å². The number of rotatable bonds is 6. The highest BCUT2D eigenvalue weighted by Crippen LogP contribution is 2.16. The number of amides is 1. The van der Waals surface area contributed by atoms with Gasteiger partial charge in [-0.1, -0.05) is 19.4 Å². The van der Waals surface area contributed by atoms with E-state index in [2.05, 4.69) is 27.1 Å². The first-order valence-electron chi connectivity index (χ1n) is 8.92. The van der Waals surface area contributed by atoms with Crippen LogP contribution in [0.3, 0.4) is 0 Å². The number of anilines is 2. The topological polar surface area (TPSA) is 61.4 Å². The van der Waals surface area contributed by atoms with Gasteiger partial charge in [0, 0.05) is 51.3 Å². The molecule has 0 radical (unpaired) electrons. The largest absolute Gasteiger partial charge is 0.384 e. The molecule has 3 rings (SSSR count). The number of carbonyl (C=O) groups excluding carboxylic acids is 1. The molecule has 0 spiro atoms. The Balaban J connectivity index is 1.58. The molecular formula is C19H25N5O. The third-order valence-corrected chi connectivity index (χ3v) is 4.38. The molecule has 0 saturated carbocycles. The Labute approximate surface area is 148 Å². The molecule has 1 aliphatic heterocycles. The standard InChI is InChI=1S/C19H25N5O/c1-2-3-7-21-17-13-16(14-20-15-17)19(25)24-11-9-23(10-12-24)18-6-4-5-8-22-18/h4-6,8,13-15,21H,2-3,7,9-12H2,1H3. The molecule has 0 atom stereocenters. The van der Waals surface area contributed by atoms with Gasteiger partial charge in [0.2, 0.25) is 0 Å². The summed E-state index contributed by atoms with van der Waals surface area (Å²) in [6.07, 6.45) is 7.47. The third-order valence-electron chi connectivity index (χ3n) is 4.38. The van der Waals surface area contributed by atoms with Gasteiger partial charge >= 0.3 is 0 Å². The SMILES string of the molecule is CCCCNc1cncc(C(=O)N2CCN(c3ccccn3)CC2)c1. The van der Waals surface area contributed by atoms with Gasteiger partial charge < -0.3 is 15.1 Å². The van der Waals surface area contributed by atoms with Gasteiger partial charge in [-0.05, 0) is 24.6 Å². The fraction of sp³-hybridized carbons (Fsp3) is 0.421. The number of nitrogens with one attached hydrogen (secondary N) is 1. The molecule has 1 aliphatic rings. The van der Waals surface area contributed by atoms with Gasteiger partial charge in [0.25, 0.3) is 5.91 Å². The summed E-state index contributed by atoms with van der Waals surface area (Å²) in [6.45, 7) is 6.05. The van der Waals surface area contributed by atoms with Crippen LogP contribution >= 0.6 is 0 Å². The Hall–Kier alpha value is -2.63. The zero-order valence-corrected chi connectivity index (χ0v) is 14.7. The molecule has 0 unspecified atom stereocenters. The van der Waals surface area contributed by atoms with E-state index >= 15 is 0 Å². The van der Waals surface area contributed by atoms with Crippen molar-refractivity contribution in [2.24, 2.45) is 0 Å². The number of hydrogen-bond acceptors (Lipinski definition) is 5. The summed E-state index contributed by atoms with van der Waals surface area (Å²) >= 11 is 0. The van der Waals surface area contributed by atoms with Crippen molar-refractivity contribution in [1.29, 1.82) is 0 Å². The van der Waals surface area contributed by atoms with Crippen LogP contribution in [0.25, 0.3) is 0 Å². The van der Waals surface area contributed by atoms with Crippen LogP contribution in [0.15, 0.2) is 42.9 Å². The van der Waals surface area contributed by atoms with Crippen LogP contribution < -0.4 is 10.2 Å². The van der Waals surface area contributed by atoms with Crippen molar-refractivity contribution >= 4 is 17.4 Å². The van der Waals surface area contributed by atoms with E-state index in [4.69, 9.17) is 0 Å². The lowest BCUT2D eigenvalue weighted by molar-refractivity contribution is 0.0746. The molecule has 132 valence electrons. The Kier molecular flexibility index (Phi) is 5.82. The number of pyridine rings is 2. The van der Waals surface area contributed by atoms with Crippen molar-refractivity contribution in [2.45, 2.75) is 19.8 Å². The highest BCUT2D eigenvalue weighted by Gasteiger charge is 2.23. The van der Waals surface area contributed by atoms with E-state index in [1.807, 2.05) is 29.2 Å². The maximum atomic E-state index is 12.7. The first-order valence-corrected chi connectivity index (χ1v) is 8.92. The van der Waals surface area contributed by atoms with Crippen LogP contribution in [0.4, 0.5) is 11.5 Å².